The van der Waals surface area contributed by atoms with Gasteiger partial charge in [0.25, 0.3) is 0 Å². The van der Waals surface area contributed by atoms with Gasteiger partial charge < -0.3 is 5.11 Å². The maximum atomic E-state index is 12.5. The Hall–Kier alpha value is -2.06. The molecule has 1 aliphatic carbocycles. The van der Waals surface area contributed by atoms with Crippen LogP contribution in [0, 0.1) is 0 Å². The van der Waals surface area contributed by atoms with E-state index in [0.717, 1.165) is 16.7 Å². The Bertz CT molecular complexity index is 717. The Kier molecular flexibility index (Phi) is 3.33. The van der Waals surface area contributed by atoms with Crippen molar-refractivity contribution in [2.75, 3.05) is 0 Å². The van der Waals surface area contributed by atoms with Crippen molar-refractivity contribution in [3.05, 3.63) is 69.8 Å². The maximum Gasteiger partial charge on any atom is 0.189 e. The quantitative estimate of drug-likeness (QED) is 0.795. The fraction of sp³-hybridized carbons (Fsp3) is 0.118. The molecule has 0 heterocycles. The van der Waals surface area contributed by atoms with E-state index in [4.69, 9.17) is 11.6 Å². The van der Waals surface area contributed by atoms with Crippen LogP contribution in [0.4, 0.5) is 0 Å². The molecular formula is C17H13ClO2. The third-order valence-electron chi connectivity index (χ3n) is 3.57. The van der Waals surface area contributed by atoms with Crippen LogP contribution in [0.3, 0.4) is 0 Å². The van der Waals surface area contributed by atoms with Crippen molar-refractivity contribution in [1.82, 2.24) is 0 Å². The topological polar surface area (TPSA) is 37.3 Å². The van der Waals surface area contributed by atoms with E-state index < -0.39 is 0 Å². The van der Waals surface area contributed by atoms with Crippen molar-refractivity contribution < 1.29 is 9.90 Å². The number of aromatic hydroxyl groups is 1. The van der Waals surface area contributed by atoms with Gasteiger partial charge in [-0.25, -0.2) is 0 Å². The highest BCUT2D eigenvalue weighted by molar-refractivity contribution is 6.32. The van der Waals surface area contributed by atoms with E-state index in [1.54, 1.807) is 24.3 Å². The maximum absolute atomic E-state index is 12.5. The highest BCUT2D eigenvalue weighted by Crippen LogP contribution is 2.32. The molecule has 0 aromatic heterocycles. The van der Waals surface area contributed by atoms with Crippen molar-refractivity contribution >= 4 is 23.5 Å². The van der Waals surface area contributed by atoms with Crippen molar-refractivity contribution in [3.8, 4) is 5.75 Å². The molecule has 0 saturated carbocycles. The number of rotatable bonds is 1. The fourth-order valence-corrected chi connectivity index (χ4v) is 2.70. The molecule has 0 atom stereocenters. The molecule has 100 valence electrons. The predicted octanol–water partition coefficient (Wildman–Crippen LogP) is 4.26. The summed E-state index contributed by atoms with van der Waals surface area (Å²) in [7, 11) is 0. The van der Waals surface area contributed by atoms with Crippen LogP contribution < -0.4 is 0 Å². The highest BCUT2D eigenvalue weighted by atomic mass is 35.5. The lowest BCUT2D eigenvalue weighted by molar-refractivity contribution is 0.102. The van der Waals surface area contributed by atoms with E-state index in [1.807, 2.05) is 24.3 Å². The smallest absolute Gasteiger partial charge is 0.189 e. The number of fused-ring (bicyclic) bond motifs is 1. The number of allylic oxidation sites excluding steroid dienone is 1. The number of carbonyl (C=O) groups is 1. The van der Waals surface area contributed by atoms with Gasteiger partial charge in [-0.15, -0.1) is 0 Å². The minimum Gasteiger partial charge on any atom is -0.508 e. The summed E-state index contributed by atoms with van der Waals surface area (Å²) in [4.78, 5) is 12.5. The molecule has 0 radical (unpaired) electrons. The zero-order chi connectivity index (χ0) is 14.1. The van der Waals surface area contributed by atoms with Gasteiger partial charge in [0.05, 0.1) is 0 Å². The zero-order valence-electron chi connectivity index (χ0n) is 10.8. The predicted molar refractivity (Wildman–Crippen MR) is 80.2 cm³/mol. The number of Topliss-reactive ketones (excluding diaryl/α,β-unsaturated/α-hetero) is 1. The van der Waals surface area contributed by atoms with Gasteiger partial charge in [0, 0.05) is 21.7 Å². The highest BCUT2D eigenvalue weighted by Gasteiger charge is 2.23. The Balaban J connectivity index is 2.03. The van der Waals surface area contributed by atoms with Crippen molar-refractivity contribution in [3.63, 3.8) is 0 Å². The summed E-state index contributed by atoms with van der Waals surface area (Å²) in [5, 5.41) is 10.4. The molecule has 3 heteroatoms. The third-order valence-corrected chi connectivity index (χ3v) is 3.91. The number of phenolic OH excluding ortho intramolecular Hbond substituents is 1. The molecular weight excluding hydrogens is 272 g/mol. The summed E-state index contributed by atoms with van der Waals surface area (Å²) in [5.74, 6) is 0.176. The number of ketones is 1. The van der Waals surface area contributed by atoms with Gasteiger partial charge in [0.2, 0.25) is 0 Å². The molecule has 3 rings (SSSR count). The second-order valence-electron chi connectivity index (χ2n) is 4.82. The SMILES string of the molecule is O=C1/C(=C/c2ccccc2Cl)CCc2c(O)cccc21. The first-order valence-corrected chi connectivity index (χ1v) is 6.85. The Morgan fingerprint density at radius 2 is 1.85 bits per heavy atom. The second kappa shape index (κ2) is 5.14. The molecule has 1 N–H and O–H groups in total. The Labute approximate surface area is 122 Å². The molecule has 0 bridgehead atoms. The third kappa shape index (κ3) is 2.23. The van der Waals surface area contributed by atoms with Crippen LogP contribution in [-0.4, -0.2) is 10.9 Å². The minimum atomic E-state index is -0.0259. The summed E-state index contributed by atoms with van der Waals surface area (Å²) in [6, 6.07) is 12.5. The van der Waals surface area contributed by atoms with Crippen molar-refractivity contribution in [2.24, 2.45) is 0 Å². The van der Waals surface area contributed by atoms with Crippen molar-refractivity contribution in [1.29, 1.82) is 0 Å². The van der Waals surface area contributed by atoms with Gasteiger partial charge in [-0.05, 0) is 36.6 Å². The van der Waals surface area contributed by atoms with Gasteiger partial charge in [0.15, 0.2) is 5.78 Å². The summed E-state index contributed by atoms with van der Waals surface area (Å²) in [6.45, 7) is 0. The molecule has 0 saturated heterocycles. The minimum absolute atomic E-state index is 0.0259. The first-order chi connectivity index (χ1) is 9.66. The normalized spacial score (nSPS) is 16.2. The van der Waals surface area contributed by atoms with Crippen molar-refractivity contribution in [2.45, 2.75) is 12.8 Å². The Morgan fingerprint density at radius 3 is 2.65 bits per heavy atom. The number of benzene rings is 2. The lowest BCUT2D eigenvalue weighted by atomic mass is 9.85. The summed E-state index contributed by atoms with van der Waals surface area (Å²) >= 11 is 6.12. The first kappa shape index (κ1) is 12.9. The van der Waals surface area contributed by atoms with Gasteiger partial charge in [0.1, 0.15) is 5.75 Å². The lowest BCUT2D eigenvalue weighted by Crippen LogP contribution is -2.14. The van der Waals surface area contributed by atoms with E-state index in [2.05, 4.69) is 0 Å². The van der Waals surface area contributed by atoms with E-state index >= 15 is 0 Å². The molecule has 2 nitrogen and oxygen atoms in total. The second-order valence-corrected chi connectivity index (χ2v) is 5.23. The summed E-state index contributed by atoms with van der Waals surface area (Å²) in [5.41, 5.74) is 2.92. The van der Waals surface area contributed by atoms with E-state index in [-0.39, 0.29) is 11.5 Å². The van der Waals surface area contributed by atoms with Gasteiger partial charge in [-0.3, -0.25) is 4.79 Å². The largest absolute Gasteiger partial charge is 0.508 e. The lowest BCUT2D eigenvalue weighted by Gasteiger charge is -2.18. The van der Waals surface area contributed by atoms with Crippen LogP contribution in [0.2, 0.25) is 5.02 Å². The average molecular weight is 285 g/mol. The average Bonchev–Trinajstić information content (AvgIpc) is 2.45. The van der Waals surface area contributed by atoms with E-state index in [9.17, 15) is 9.90 Å². The molecule has 0 spiro atoms. The van der Waals surface area contributed by atoms with Gasteiger partial charge in [-0.1, -0.05) is 41.9 Å². The van der Waals surface area contributed by atoms with Crippen LogP contribution in [0.15, 0.2) is 48.0 Å². The summed E-state index contributed by atoms with van der Waals surface area (Å²) < 4.78 is 0. The molecule has 1 aliphatic rings. The number of halogens is 1. The zero-order valence-corrected chi connectivity index (χ0v) is 11.5. The van der Waals surface area contributed by atoms with Gasteiger partial charge >= 0.3 is 0 Å². The van der Waals surface area contributed by atoms with Crippen LogP contribution in [-0.2, 0) is 6.42 Å². The van der Waals surface area contributed by atoms with Gasteiger partial charge in [-0.2, -0.15) is 0 Å². The molecule has 0 amide bonds. The molecule has 2 aromatic rings. The van der Waals surface area contributed by atoms with E-state index in [0.29, 0.717) is 23.4 Å². The standard InChI is InChI=1S/C17H13ClO2/c18-15-6-2-1-4-11(15)10-12-8-9-13-14(17(12)20)5-3-7-16(13)19/h1-7,10,19H,8-9H2/b12-10+. The van der Waals surface area contributed by atoms with Crippen LogP contribution in [0.25, 0.3) is 6.08 Å². The first-order valence-electron chi connectivity index (χ1n) is 6.47. The monoisotopic (exact) mass is 284 g/mol. The molecule has 0 fully saturated rings. The molecule has 2 aromatic carbocycles. The number of hydrogen-bond donors (Lipinski definition) is 1. The number of carbonyl (C=O) groups excluding carboxylic acids is 1. The Morgan fingerprint density at radius 1 is 1.05 bits per heavy atom. The van der Waals surface area contributed by atoms with E-state index in [1.165, 1.54) is 0 Å². The molecule has 20 heavy (non-hydrogen) atoms. The van der Waals surface area contributed by atoms with Crippen LogP contribution in [0.1, 0.15) is 27.9 Å². The number of hydrogen-bond acceptors (Lipinski definition) is 2. The van der Waals surface area contributed by atoms with Crippen LogP contribution >= 0.6 is 11.6 Å². The molecule has 0 aliphatic heterocycles. The fourth-order valence-electron chi connectivity index (χ4n) is 2.51. The summed E-state index contributed by atoms with van der Waals surface area (Å²) in [6.07, 6.45) is 3.14. The van der Waals surface area contributed by atoms with Crippen LogP contribution in [0.5, 0.6) is 5.75 Å². The molecule has 0 unspecified atom stereocenters. The number of phenols is 1.